The van der Waals surface area contributed by atoms with Crippen LogP contribution in [0.5, 0.6) is 0 Å². The molecule has 90 valence electrons. The van der Waals surface area contributed by atoms with Gasteiger partial charge in [0.2, 0.25) is 0 Å². The van der Waals surface area contributed by atoms with Gasteiger partial charge in [0.05, 0.1) is 0 Å². The highest BCUT2D eigenvalue weighted by Crippen LogP contribution is 2.52. The molecule has 0 spiro atoms. The molecule has 1 saturated carbocycles. The number of hydrogen-bond acceptors (Lipinski definition) is 3. The maximum atomic E-state index is 8.65. The summed E-state index contributed by atoms with van der Waals surface area (Å²) in [5.41, 5.74) is 6.79. The summed E-state index contributed by atoms with van der Waals surface area (Å²) in [5.74, 6) is 1.72. The Morgan fingerprint density at radius 3 is 2.71 bits per heavy atom. The highest BCUT2D eigenvalue weighted by atomic mass is 35.5. The average molecular weight is 252 g/mol. The average Bonchev–Trinajstić information content (AvgIpc) is 2.82. The Labute approximate surface area is 105 Å². The molecule has 1 aromatic carbocycles. The van der Waals surface area contributed by atoms with Crippen molar-refractivity contribution >= 4 is 23.1 Å². The van der Waals surface area contributed by atoms with E-state index in [1.54, 1.807) is 0 Å². The number of nitrogens with two attached hydrogens (primary N) is 1. The van der Waals surface area contributed by atoms with Gasteiger partial charge in [0, 0.05) is 29.7 Å². The van der Waals surface area contributed by atoms with Gasteiger partial charge in [-0.1, -0.05) is 22.8 Å². The molecule has 0 radical (unpaired) electrons. The highest BCUT2D eigenvalue weighted by molar-refractivity contribution is 6.30. The number of hydrogen-bond donors (Lipinski definition) is 2. The lowest BCUT2D eigenvalue weighted by atomic mass is 10.2. The van der Waals surface area contributed by atoms with Gasteiger partial charge >= 0.3 is 0 Å². The second-order valence-electron chi connectivity index (χ2n) is 4.76. The molecule has 3 N–H and O–H groups in total. The van der Waals surface area contributed by atoms with Gasteiger partial charge in [-0.2, -0.15) is 0 Å². The maximum Gasteiger partial charge on any atom is 0.142 e. The lowest BCUT2D eigenvalue weighted by Gasteiger charge is -2.21. The molecule has 3 atom stereocenters. The largest absolute Gasteiger partial charge is 0.409 e. The number of piperidine rings is 1. The number of rotatable bonds is 2. The van der Waals surface area contributed by atoms with Gasteiger partial charge in [-0.25, -0.2) is 0 Å². The van der Waals surface area contributed by atoms with E-state index in [-0.39, 0.29) is 5.92 Å². The monoisotopic (exact) mass is 251 g/mol. The van der Waals surface area contributed by atoms with Crippen LogP contribution < -0.4 is 10.6 Å². The zero-order chi connectivity index (χ0) is 12.0. The Hall–Kier alpha value is -1.42. The van der Waals surface area contributed by atoms with E-state index in [2.05, 4.69) is 16.1 Å². The van der Waals surface area contributed by atoms with Gasteiger partial charge in [0.25, 0.3) is 0 Å². The fourth-order valence-electron chi connectivity index (χ4n) is 2.92. The van der Waals surface area contributed by atoms with Crippen LogP contribution in [-0.2, 0) is 0 Å². The van der Waals surface area contributed by atoms with Crippen molar-refractivity contribution in [1.82, 2.24) is 0 Å². The summed E-state index contributed by atoms with van der Waals surface area (Å²) >= 11 is 5.97. The number of nitrogens with zero attached hydrogens (tertiary/aromatic N) is 2. The molecule has 0 aromatic heterocycles. The van der Waals surface area contributed by atoms with Crippen molar-refractivity contribution in [2.45, 2.75) is 0 Å². The van der Waals surface area contributed by atoms with Crippen LogP contribution in [0.1, 0.15) is 0 Å². The first-order chi connectivity index (χ1) is 8.20. The van der Waals surface area contributed by atoms with Gasteiger partial charge in [-0.05, 0) is 30.0 Å². The zero-order valence-corrected chi connectivity index (χ0v) is 10.0. The van der Waals surface area contributed by atoms with E-state index in [4.69, 9.17) is 22.5 Å². The zero-order valence-electron chi connectivity index (χ0n) is 9.25. The second-order valence-corrected chi connectivity index (χ2v) is 5.20. The van der Waals surface area contributed by atoms with Crippen molar-refractivity contribution in [1.29, 1.82) is 0 Å². The van der Waals surface area contributed by atoms with Gasteiger partial charge in [0.1, 0.15) is 5.84 Å². The Morgan fingerprint density at radius 1 is 1.41 bits per heavy atom. The smallest absolute Gasteiger partial charge is 0.142 e. The standard InChI is InChI=1S/C12H14ClN3O/c13-7-2-1-3-8(4-7)16-5-9-10(6-16)11(9)12(14)15-17/h1-4,9-11,17H,5-6H2,(H2,14,15)/t9-,10?,11?/m0/s1. The predicted molar refractivity (Wildman–Crippen MR) is 67.5 cm³/mol. The van der Waals surface area contributed by atoms with Crippen molar-refractivity contribution in [3.63, 3.8) is 0 Å². The topological polar surface area (TPSA) is 61.9 Å². The highest BCUT2D eigenvalue weighted by Gasteiger charge is 2.57. The molecule has 1 aliphatic carbocycles. The first-order valence-corrected chi connectivity index (χ1v) is 6.06. The van der Waals surface area contributed by atoms with E-state index in [9.17, 15) is 0 Å². The third-order valence-electron chi connectivity index (χ3n) is 3.82. The van der Waals surface area contributed by atoms with Crippen LogP contribution in [0, 0.1) is 17.8 Å². The summed E-state index contributed by atoms with van der Waals surface area (Å²) in [7, 11) is 0. The van der Waals surface area contributed by atoms with E-state index in [0.717, 1.165) is 23.8 Å². The molecule has 2 aliphatic rings. The molecular weight excluding hydrogens is 238 g/mol. The summed E-state index contributed by atoms with van der Waals surface area (Å²) < 4.78 is 0. The molecule has 0 bridgehead atoms. The van der Waals surface area contributed by atoms with E-state index < -0.39 is 0 Å². The molecule has 2 fully saturated rings. The fraction of sp³-hybridized carbons (Fsp3) is 0.417. The quantitative estimate of drug-likeness (QED) is 0.364. The molecule has 2 unspecified atom stereocenters. The Bertz CT molecular complexity index is 465. The molecule has 1 aliphatic heterocycles. The van der Waals surface area contributed by atoms with E-state index in [1.165, 1.54) is 0 Å². The van der Waals surface area contributed by atoms with E-state index in [0.29, 0.717) is 17.7 Å². The normalized spacial score (nSPS) is 31.5. The third-order valence-corrected chi connectivity index (χ3v) is 4.06. The van der Waals surface area contributed by atoms with Gasteiger partial charge in [-0.15, -0.1) is 0 Å². The summed E-state index contributed by atoms with van der Waals surface area (Å²) in [6.45, 7) is 1.93. The lowest BCUT2D eigenvalue weighted by Crippen LogP contribution is -2.28. The Kier molecular flexibility index (Phi) is 2.40. The van der Waals surface area contributed by atoms with Crippen LogP contribution in [0.2, 0.25) is 5.02 Å². The molecule has 5 heteroatoms. The minimum Gasteiger partial charge on any atom is -0.409 e. The third kappa shape index (κ3) is 1.72. The van der Waals surface area contributed by atoms with Crippen LogP contribution in [-0.4, -0.2) is 24.1 Å². The Balaban J connectivity index is 1.69. The number of amidine groups is 1. The summed E-state index contributed by atoms with van der Waals surface area (Å²) in [5, 5.41) is 12.5. The first-order valence-electron chi connectivity index (χ1n) is 5.68. The molecule has 0 amide bonds. The lowest BCUT2D eigenvalue weighted by molar-refractivity contribution is 0.315. The second kappa shape index (κ2) is 3.81. The molecular formula is C12H14ClN3O. The SMILES string of the molecule is N/C(=N\O)C1C2CN(c3cccc(Cl)c3)C[C@@H]21. The van der Waals surface area contributed by atoms with E-state index in [1.807, 2.05) is 18.2 Å². The number of halogens is 1. The first kappa shape index (κ1) is 10.7. The number of fused-ring (bicyclic) bond motifs is 1. The maximum absolute atomic E-state index is 8.65. The number of oxime groups is 1. The summed E-state index contributed by atoms with van der Waals surface area (Å²) in [4.78, 5) is 2.31. The molecule has 1 heterocycles. The number of anilines is 1. The molecule has 1 saturated heterocycles. The van der Waals surface area contributed by atoms with Gasteiger partial charge in [-0.3, -0.25) is 0 Å². The van der Waals surface area contributed by atoms with Gasteiger partial charge < -0.3 is 15.8 Å². The summed E-state index contributed by atoms with van der Waals surface area (Å²) in [6, 6.07) is 7.88. The minimum absolute atomic E-state index is 0.274. The van der Waals surface area contributed by atoms with E-state index >= 15 is 0 Å². The Morgan fingerprint density at radius 2 is 2.12 bits per heavy atom. The molecule has 3 rings (SSSR count). The van der Waals surface area contributed by atoms with Crippen molar-refractivity contribution in [2.24, 2.45) is 28.6 Å². The van der Waals surface area contributed by atoms with Crippen LogP contribution in [0.4, 0.5) is 5.69 Å². The van der Waals surface area contributed by atoms with Crippen molar-refractivity contribution in [3.05, 3.63) is 29.3 Å². The van der Waals surface area contributed by atoms with Gasteiger partial charge in [0.15, 0.2) is 0 Å². The van der Waals surface area contributed by atoms with Crippen LogP contribution in [0.3, 0.4) is 0 Å². The van der Waals surface area contributed by atoms with Crippen molar-refractivity contribution in [3.8, 4) is 0 Å². The summed E-state index contributed by atoms with van der Waals surface area (Å²) in [6.07, 6.45) is 0. The van der Waals surface area contributed by atoms with Crippen LogP contribution in [0.15, 0.2) is 29.4 Å². The number of benzene rings is 1. The fourth-order valence-corrected chi connectivity index (χ4v) is 3.10. The van der Waals surface area contributed by atoms with Crippen molar-refractivity contribution in [2.75, 3.05) is 18.0 Å². The molecule has 1 aromatic rings. The molecule has 4 nitrogen and oxygen atoms in total. The van der Waals surface area contributed by atoms with Crippen LogP contribution in [0.25, 0.3) is 0 Å². The van der Waals surface area contributed by atoms with Crippen LogP contribution >= 0.6 is 11.6 Å². The minimum atomic E-state index is 0.274. The van der Waals surface area contributed by atoms with Crippen molar-refractivity contribution < 1.29 is 5.21 Å². The predicted octanol–water partition coefficient (Wildman–Crippen LogP) is 1.77. The molecule has 17 heavy (non-hydrogen) atoms.